The van der Waals surface area contributed by atoms with Crippen LogP contribution in [0.25, 0.3) is 11.0 Å². The molecule has 0 aliphatic rings. The van der Waals surface area contributed by atoms with Crippen LogP contribution in [0.5, 0.6) is 17.2 Å². The minimum Gasteiger partial charge on any atom is -0.508 e. The molecule has 1 unspecified atom stereocenters. The van der Waals surface area contributed by atoms with Crippen LogP contribution >= 0.6 is 0 Å². The molecule has 0 bridgehead atoms. The summed E-state index contributed by atoms with van der Waals surface area (Å²) < 4.78 is 15.8. The second kappa shape index (κ2) is 11.3. The number of aryl methyl sites for hydroxylation is 1. The van der Waals surface area contributed by atoms with Crippen molar-refractivity contribution in [1.29, 1.82) is 0 Å². The van der Waals surface area contributed by atoms with Crippen molar-refractivity contribution in [2.45, 2.75) is 25.8 Å². The fraction of sp³-hybridized carbons (Fsp3) is 0.280. The van der Waals surface area contributed by atoms with E-state index in [9.17, 15) is 24.3 Å². The van der Waals surface area contributed by atoms with E-state index in [1.54, 1.807) is 31.2 Å². The molecule has 2 aromatic carbocycles. The van der Waals surface area contributed by atoms with Crippen LogP contribution in [0.1, 0.15) is 29.2 Å². The van der Waals surface area contributed by atoms with E-state index >= 15 is 0 Å². The standard InChI is InChI=1S/C25H26N2O9/c1-13-16-6-5-15(28)9-20(16)36-25(33)17(13)10-23(30)27-18(11-22(29)26-12-24(31)32)14-4-7-19(34-2)21(8-14)35-3/h4-9,18,28H,10-12H2,1-3H3,(H,26,29)(H,27,30)(H,31,32). The predicted molar refractivity (Wildman–Crippen MR) is 128 cm³/mol. The number of phenols is 1. The van der Waals surface area contributed by atoms with E-state index in [4.69, 9.17) is 19.0 Å². The number of aliphatic carboxylic acids is 1. The number of carboxylic acid groups (broad SMARTS) is 1. The van der Waals surface area contributed by atoms with Gasteiger partial charge in [0.1, 0.15) is 17.9 Å². The summed E-state index contributed by atoms with van der Waals surface area (Å²) in [5.74, 6) is -1.61. The molecule has 0 saturated heterocycles. The summed E-state index contributed by atoms with van der Waals surface area (Å²) in [6, 6.07) is 8.33. The van der Waals surface area contributed by atoms with E-state index in [1.807, 2.05) is 0 Å². The number of phenolic OH excluding ortho intramolecular Hbond substituents is 1. The van der Waals surface area contributed by atoms with Crippen molar-refractivity contribution in [1.82, 2.24) is 10.6 Å². The minimum atomic E-state index is -1.21. The molecule has 11 heteroatoms. The number of carboxylic acids is 1. The van der Waals surface area contributed by atoms with Crippen LogP contribution in [0.3, 0.4) is 0 Å². The first-order valence-corrected chi connectivity index (χ1v) is 10.9. The lowest BCUT2D eigenvalue weighted by molar-refractivity contribution is -0.138. The number of rotatable bonds is 10. The maximum Gasteiger partial charge on any atom is 0.340 e. The van der Waals surface area contributed by atoms with Crippen LogP contribution in [0.4, 0.5) is 0 Å². The van der Waals surface area contributed by atoms with Crippen molar-refractivity contribution in [2.75, 3.05) is 20.8 Å². The fourth-order valence-electron chi connectivity index (χ4n) is 3.75. The quantitative estimate of drug-likeness (QED) is 0.305. The minimum absolute atomic E-state index is 0.0607. The predicted octanol–water partition coefficient (Wildman–Crippen LogP) is 1.82. The molecule has 0 fully saturated rings. The second-order valence-electron chi connectivity index (χ2n) is 7.96. The Morgan fingerprint density at radius 3 is 2.42 bits per heavy atom. The van der Waals surface area contributed by atoms with Gasteiger partial charge in [0.05, 0.1) is 38.7 Å². The molecule has 0 saturated carbocycles. The van der Waals surface area contributed by atoms with Crippen LogP contribution < -0.4 is 25.7 Å². The summed E-state index contributed by atoms with van der Waals surface area (Å²) in [5, 5.41) is 24.0. The number of methoxy groups -OCH3 is 2. The zero-order valence-corrected chi connectivity index (χ0v) is 19.9. The van der Waals surface area contributed by atoms with Crippen LogP contribution in [0.2, 0.25) is 0 Å². The molecule has 0 aliphatic heterocycles. The van der Waals surface area contributed by atoms with Gasteiger partial charge in [0.2, 0.25) is 11.8 Å². The lowest BCUT2D eigenvalue weighted by atomic mass is 10.0. The highest BCUT2D eigenvalue weighted by Crippen LogP contribution is 2.31. The van der Waals surface area contributed by atoms with Gasteiger partial charge in [0.25, 0.3) is 0 Å². The number of ether oxygens (including phenoxy) is 2. The number of hydrogen-bond donors (Lipinski definition) is 4. The Balaban J connectivity index is 1.88. The van der Waals surface area contributed by atoms with Gasteiger partial charge in [0.15, 0.2) is 11.5 Å². The normalized spacial score (nSPS) is 11.5. The van der Waals surface area contributed by atoms with Crippen molar-refractivity contribution in [2.24, 2.45) is 0 Å². The van der Waals surface area contributed by atoms with Crippen LogP contribution in [0.15, 0.2) is 45.6 Å². The third-order valence-electron chi connectivity index (χ3n) is 5.58. The van der Waals surface area contributed by atoms with Gasteiger partial charge in [-0.15, -0.1) is 0 Å². The number of carbonyl (C=O) groups is 3. The lowest BCUT2D eigenvalue weighted by Crippen LogP contribution is -2.36. The van der Waals surface area contributed by atoms with Gasteiger partial charge in [-0.05, 0) is 42.3 Å². The van der Waals surface area contributed by atoms with Gasteiger partial charge < -0.3 is 34.7 Å². The summed E-state index contributed by atoms with van der Waals surface area (Å²) in [6.45, 7) is 1.10. The molecule has 3 rings (SSSR count). The summed E-state index contributed by atoms with van der Waals surface area (Å²) in [5.41, 5.74) is 0.636. The molecule has 0 radical (unpaired) electrons. The first-order valence-electron chi connectivity index (χ1n) is 10.9. The van der Waals surface area contributed by atoms with Crippen molar-refractivity contribution in [3.8, 4) is 17.2 Å². The largest absolute Gasteiger partial charge is 0.508 e. The maximum absolute atomic E-state index is 13.0. The van der Waals surface area contributed by atoms with E-state index in [0.29, 0.717) is 28.0 Å². The second-order valence-corrected chi connectivity index (χ2v) is 7.96. The first kappa shape index (κ1) is 26.1. The Kier molecular flexibility index (Phi) is 8.15. The summed E-state index contributed by atoms with van der Waals surface area (Å²) in [7, 11) is 2.91. The number of carbonyl (C=O) groups excluding carboxylic acids is 2. The zero-order chi connectivity index (χ0) is 26.4. The number of nitrogens with one attached hydrogen (secondary N) is 2. The third kappa shape index (κ3) is 6.12. The maximum atomic E-state index is 13.0. The molecular weight excluding hydrogens is 472 g/mol. The first-order chi connectivity index (χ1) is 17.1. The third-order valence-corrected chi connectivity index (χ3v) is 5.58. The Labute approximate surface area is 205 Å². The van der Waals surface area contributed by atoms with Crippen molar-refractivity contribution in [3.05, 3.63) is 63.5 Å². The highest BCUT2D eigenvalue weighted by molar-refractivity contribution is 5.86. The lowest BCUT2D eigenvalue weighted by Gasteiger charge is -2.20. The molecule has 0 aliphatic carbocycles. The van der Waals surface area contributed by atoms with Gasteiger partial charge >= 0.3 is 11.6 Å². The number of benzene rings is 2. The Bertz CT molecular complexity index is 1360. The molecule has 1 aromatic heterocycles. The van der Waals surface area contributed by atoms with E-state index in [0.717, 1.165) is 0 Å². The van der Waals surface area contributed by atoms with E-state index in [2.05, 4.69) is 10.6 Å². The molecule has 36 heavy (non-hydrogen) atoms. The summed E-state index contributed by atoms with van der Waals surface area (Å²) in [4.78, 5) is 48.7. The molecule has 11 nitrogen and oxygen atoms in total. The van der Waals surface area contributed by atoms with Gasteiger partial charge in [-0.3, -0.25) is 14.4 Å². The van der Waals surface area contributed by atoms with Gasteiger partial charge in [-0.1, -0.05) is 6.07 Å². The Morgan fingerprint density at radius 2 is 1.75 bits per heavy atom. The molecule has 1 atom stereocenters. The van der Waals surface area contributed by atoms with Crippen LogP contribution in [-0.2, 0) is 20.8 Å². The smallest absolute Gasteiger partial charge is 0.340 e. The highest BCUT2D eigenvalue weighted by Gasteiger charge is 2.22. The number of hydrogen-bond acceptors (Lipinski definition) is 8. The Hall–Kier alpha value is -4.54. The molecule has 190 valence electrons. The zero-order valence-electron chi connectivity index (χ0n) is 19.9. The average Bonchev–Trinajstić information content (AvgIpc) is 2.84. The highest BCUT2D eigenvalue weighted by atomic mass is 16.5. The molecule has 3 aromatic rings. The molecular formula is C25H26N2O9. The number of amides is 2. The van der Waals surface area contributed by atoms with E-state index in [-0.39, 0.29) is 29.7 Å². The van der Waals surface area contributed by atoms with Crippen molar-refractivity contribution in [3.63, 3.8) is 0 Å². The SMILES string of the molecule is COc1ccc(C(CC(=O)NCC(=O)O)NC(=O)Cc2c(C)c3ccc(O)cc3oc2=O)cc1OC. The van der Waals surface area contributed by atoms with E-state index in [1.165, 1.54) is 26.4 Å². The summed E-state index contributed by atoms with van der Waals surface area (Å²) in [6.07, 6.45) is -0.593. The molecule has 4 N–H and O–H groups in total. The van der Waals surface area contributed by atoms with Gasteiger partial charge in [-0.25, -0.2) is 4.79 Å². The van der Waals surface area contributed by atoms with Crippen LogP contribution in [-0.4, -0.2) is 48.8 Å². The monoisotopic (exact) mass is 498 g/mol. The summed E-state index contributed by atoms with van der Waals surface area (Å²) >= 11 is 0. The molecule has 1 heterocycles. The average molecular weight is 498 g/mol. The number of fused-ring (bicyclic) bond motifs is 1. The Morgan fingerprint density at radius 1 is 1.03 bits per heavy atom. The fourth-order valence-corrected chi connectivity index (χ4v) is 3.75. The number of aromatic hydroxyl groups is 1. The van der Waals surface area contributed by atoms with E-state index < -0.39 is 36.0 Å². The van der Waals surface area contributed by atoms with Crippen molar-refractivity contribution >= 4 is 28.8 Å². The topological polar surface area (TPSA) is 164 Å². The van der Waals surface area contributed by atoms with Crippen molar-refractivity contribution < 1.29 is 38.5 Å². The van der Waals surface area contributed by atoms with Gasteiger partial charge in [-0.2, -0.15) is 0 Å². The van der Waals surface area contributed by atoms with Crippen LogP contribution in [0, 0.1) is 6.92 Å². The molecule has 0 spiro atoms. The van der Waals surface area contributed by atoms with Gasteiger partial charge in [0, 0.05) is 11.5 Å². The molecule has 2 amide bonds.